The van der Waals surface area contributed by atoms with Crippen LogP contribution in [0.1, 0.15) is 32.0 Å². The lowest BCUT2D eigenvalue weighted by Crippen LogP contribution is -2.13. The Bertz CT molecular complexity index is 877. The van der Waals surface area contributed by atoms with Crippen LogP contribution in [0.5, 0.6) is 0 Å². The predicted molar refractivity (Wildman–Crippen MR) is 97.0 cm³/mol. The van der Waals surface area contributed by atoms with Gasteiger partial charge in [0.1, 0.15) is 0 Å². The van der Waals surface area contributed by atoms with Gasteiger partial charge in [-0.1, -0.05) is 17.2 Å². The molecule has 5 heteroatoms. The van der Waals surface area contributed by atoms with E-state index in [1.165, 1.54) is 6.26 Å². The number of aryl methyl sites for hydroxylation is 2. The minimum atomic E-state index is -0.322. The summed E-state index contributed by atoms with van der Waals surface area (Å²) in [5.41, 5.74) is 3.97. The van der Waals surface area contributed by atoms with Crippen molar-refractivity contribution in [2.45, 2.75) is 13.8 Å². The molecule has 5 nitrogen and oxygen atoms in total. The fraction of sp³-hybridized carbons (Fsp3) is 0.100. The number of benzene rings is 2. The molecule has 126 valence electrons. The molecule has 0 atom stereocenters. The van der Waals surface area contributed by atoms with Crippen molar-refractivity contribution in [3.63, 3.8) is 0 Å². The van der Waals surface area contributed by atoms with Gasteiger partial charge in [0.25, 0.3) is 11.8 Å². The highest BCUT2D eigenvalue weighted by Gasteiger charge is 2.10. The van der Waals surface area contributed by atoms with Crippen LogP contribution in [-0.4, -0.2) is 11.8 Å². The summed E-state index contributed by atoms with van der Waals surface area (Å²) in [6.45, 7) is 3.92. The number of nitrogens with one attached hydrogen (secondary N) is 2. The Morgan fingerprint density at radius 2 is 1.36 bits per heavy atom. The quantitative estimate of drug-likeness (QED) is 0.743. The molecule has 0 aliphatic rings. The summed E-state index contributed by atoms with van der Waals surface area (Å²) < 4.78 is 5.04. The fourth-order valence-electron chi connectivity index (χ4n) is 2.55. The monoisotopic (exact) mass is 334 g/mol. The number of hydrogen-bond donors (Lipinski definition) is 2. The Labute approximate surface area is 145 Å². The molecule has 1 aromatic heterocycles. The predicted octanol–water partition coefficient (Wildman–Crippen LogP) is 4.40. The Morgan fingerprint density at radius 1 is 0.800 bits per heavy atom. The zero-order valence-corrected chi connectivity index (χ0v) is 14.0. The van der Waals surface area contributed by atoms with Crippen molar-refractivity contribution < 1.29 is 14.0 Å². The Balaban J connectivity index is 1.66. The van der Waals surface area contributed by atoms with Gasteiger partial charge in [-0.05, 0) is 62.4 Å². The average molecular weight is 334 g/mol. The third kappa shape index (κ3) is 4.14. The largest absolute Gasteiger partial charge is 0.459 e. The molecule has 2 amide bonds. The maximum Gasteiger partial charge on any atom is 0.291 e. The van der Waals surface area contributed by atoms with Gasteiger partial charge in [-0.2, -0.15) is 0 Å². The lowest BCUT2D eigenvalue weighted by atomic mass is 10.1. The van der Waals surface area contributed by atoms with Gasteiger partial charge in [0.15, 0.2) is 5.76 Å². The highest BCUT2D eigenvalue weighted by Crippen LogP contribution is 2.17. The van der Waals surface area contributed by atoms with Crippen LogP contribution in [0.3, 0.4) is 0 Å². The summed E-state index contributed by atoms with van der Waals surface area (Å²) in [6.07, 6.45) is 1.44. The van der Waals surface area contributed by atoms with Crippen molar-refractivity contribution in [1.29, 1.82) is 0 Å². The smallest absolute Gasteiger partial charge is 0.291 e. The van der Waals surface area contributed by atoms with E-state index in [1.54, 1.807) is 36.4 Å². The first-order valence-electron chi connectivity index (χ1n) is 7.86. The molecular weight excluding hydrogens is 316 g/mol. The van der Waals surface area contributed by atoms with E-state index in [-0.39, 0.29) is 17.6 Å². The summed E-state index contributed by atoms with van der Waals surface area (Å²) in [5.74, 6) is -0.247. The minimum Gasteiger partial charge on any atom is -0.459 e. The van der Waals surface area contributed by atoms with Crippen molar-refractivity contribution in [3.8, 4) is 0 Å². The molecule has 0 unspecified atom stereocenters. The van der Waals surface area contributed by atoms with Crippen molar-refractivity contribution in [2.75, 3.05) is 10.6 Å². The van der Waals surface area contributed by atoms with Gasteiger partial charge in [0.2, 0.25) is 0 Å². The van der Waals surface area contributed by atoms with Crippen LogP contribution in [0.25, 0.3) is 0 Å². The van der Waals surface area contributed by atoms with Gasteiger partial charge >= 0.3 is 0 Å². The van der Waals surface area contributed by atoms with E-state index in [0.29, 0.717) is 16.9 Å². The Hall–Kier alpha value is -3.34. The van der Waals surface area contributed by atoms with Gasteiger partial charge in [-0.3, -0.25) is 9.59 Å². The first-order valence-corrected chi connectivity index (χ1v) is 7.86. The van der Waals surface area contributed by atoms with Crippen LogP contribution in [0.4, 0.5) is 11.4 Å². The fourth-order valence-corrected chi connectivity index (χ4v) is 2.55. The number of furan rings is 1. The lowest BCUT2D eigenvalue weighted by molar-refractivity contribution is 0.0994. The number of anilines is 2. The zero-order valence-electron chi connectivity index (χ0n) is 14.0. The Morgan fingerprint density at radius 3 is 1.88 bits per heavy atom. The summed E-state index contributed by atoms with van der Waals surface area (Å²) in [5, 5.41) is 5.58. The third-order valence-electron chi connectivity index (χ3n) is 3.63. The molecule has 0 bridgehead atoms. The summed E-state index contributed by atoms with van der Waals surface area (Å²) in [4.78, 5) is 24.3. The van der Waals surface area contributed by atoms with E-state index in [9.17, 15) is 9.59 Å². The second kappa shape index (κ2) is 7.05. The van der Waals surface area contributed by atoms with E-state index in [1.807, 2.05) is 32.0 Å². The topological polar surface area (TPSA) is 71.3 Å². The van der Waals surface area contributed by atoms with E-state index in [2.05, 4.69) is 10.6 Å². The van der Waals surface area contributed by atoms with Crippen molar-refractivity contribution >= 4 is 23.2 Å². The van der Waals surface area contributed by atoms with Crippen LogP contribution in [0.15, 0.2) is 65.3 Å². The highest BCUT2D eigenvalue weighted by atomic mass is 16.3. The standard InChI is InChI=1S/C20H18N2O3/c1-13-10-14(2)12-15(11-13)19(23)21-16-5-7-17(8-6-16)22-20(24)18-4-3-9-25-18/h3-12H,1-2H3,(H,21,23)(H,22,24). The number of hydrogen-bond acceptors (Lipinski definition) is 3. The van der Waals surface area contributed by atoms with Crippen molar-refractivity contribution in [2.24, 2.45) is 0 Å². The summed E-state index contributed by atoms with van der Waals surface area (Å²) in [7, 11) is 0. The van der Waals surface area contributed by atoms with E-state index in [0.717, 1.165) is 11.1 Å². The van der Waals surface area contributed by atoms with Crippen LogP contribution >= 0.6 is 0 Å². The van der Waals surface area contributed by atoms with Crippen LogP contribution in [-0.2, 0) is 0 Å². The van der Waals surface area contributed by atoms with Crippen LogP contribution in [0, 0.1) is 13.8 Å². The molecule has 3 rings (SSSR count). The molecule has 0 aliphatic carbocycles. The molecule has 2 N–H and O–H groups in total. The molecule has 0 saturated heterocycles. The molecule has 0 radical (unpaired) electrons. The van der Waals surface area contributed by atoms with Gasteiger partial charge in [-0.15, -0.1) is 0 Å². The van der Waals surface area contributed by atoms with Gasteiger partial charge < -0.3 is 15.1 Å². The zero-order chi connectivity index (χ0) is 17.8. The Kier molecular flexibility index (Phi) is 4.66. The lowest BCUT2D eigenvalue weighted by Gasteiger charge is -2.08. The van der Waals surface area contributed by atoms with Gasteiger partial charge in [0.05, 0.1) is 6.26 Å². The average Bonchev–Trinajstić information content (AvgIpc) is 3.10. The molecule has 0 saturated carbocycles. The molecule has 3 aromatic rings. The maximum absolute atomic E-state index is 12.3. The normalized spacial score (nSPS) is 10.3. The van der Waals surface area contributed by atoms with E-state index >= 15 is 0 Å². The minimum absolute atomic E-state index is 0.167. The summed E-state index contributed by atoms with van der Waals surface area (Å²) in [6, 6.07) is 15.9. The van der Waals surface area contributed by atoms with E-state index < -0.39 is 0 Å². The molecule has 0 spiro atoms. The van der Waals surface area contributed by atoms with E-state index in [4.69, 9.17) is 4.42 Å². The molecule has 0 aliphatic heterocycles. The molecule has 1 heterocycles. The number of carbonyl (C=O) groups excluding carboxylic acids is 2. The number of rotatable bonds is 4. The second-order valence-corrected chi connectivity index (χ2v) is 5.84. The van der Waals surface area contributed by atoms with Crippen LogP contribution in [0.2, 0.25) is 0 Å². The van der Waals surface area contributed by atoms with Crippen molar-refractivity contribution in [3.05, 3.63) is 83.3 Å². The molecule has 2 aromatic carbocycles. The first-order chi connectivity index (χ1) is 12.0. The van der Waals surface area contributed by atoms with Gasteiger partial charge in [-0.25, -0.2) is 0 Å². The number of amides is 2. The van der Waals surface area contributed by atoms with Gasteiger partial charge in [0, 0.05) is 16.9 Å². The second-order valence-electron chi connectivity index (χ2n) is 5.84. The summed E-state index contributed by atoms with van der Waals surface area (Å²) >= 11 is 0. The molecule has 25 heavy (non-hydrogen) atoms. The third-order valence-corrected chi connectivity index (χ3v) is 3.63. The number of carbonyl (C=O) groups is 2. The maximum atomic E-state index is 12.3. The molecule has 0 fully saturated rings. The highest BCUT2D eigenvalue weighted by molar-refractivity contribution is 6.05. The SMILES string of the molecule is Cc1cc(C)cc(C(=O)Nc2ccc(NC(=O)c3ccco3)cc2)c1. The van der Waals surface area contributed by atoms with Crippen molar-refractivity contribution in [1.82, 2.24) is 0 Å². The molecular formula is C20H18N2O3. The van der Waals surface area contributed by atoms with Crippen LogP contribution < -0.4 is 10.6 Å². The first kappa shape index (κ1) is 16.5.